The Balaban J connectivity index is 0.883. The number of halogens is 2. The molecule has 0 saturated carbocycles. The van der Waals surface area contributed by atoms with Crippen LogP contribution in [0, 0.1) is 17.6 Å². The van der Waals surface area contributed by atoms with Gasteiger partial charge in [0.2, 0.25) is 0 Å². The highest BCUT2D eigenvalue weighted by atomic mass is 19.1. The van der Waals surface area contributed by atoms with Crippen molar-refractivity contribution in [1.82, 2.24) is 34.4 Å². The molecule has 0 spiro atoms. The molecule has 19 heteroatoms. The number of rotatable bonds is 18. The topological polar surface area (TPSA) is 180 Å². The fourth-order valence-electron chi connectivity index (χ4n) is 7.89. The molecule has 7 rings (SSSR count). The molecule has 2 aliphatic rings. The number of hydrogen-bond acceptors (Lipinski definition) is 13. The second kappa shape index (κ2) is 19.4. The fraction of sp³-hybridized carbons (Fsp3) is 0.429. The van der Waals surface area contributed by atoms with Crippen LogP contribution in [0.4, 0.5) is 25.0 Å². The molecule has 2 aliphatic heterocycles. The number of nitrogens with zero attached hydrogens (tertiary/aromatic N) is 8. The Bertz CT molecular complexity index is 2280. The highest BCUT2D eigenvalue weighted by Crippen LogP contribution is 2.42. The first-order chi connectivity index (χ1) is 29.5. The van der Waals surface area contributed by atoms with Crippen molar-refractivity contribution in [1.29, 1.82) is 0 Å². The molecule has 324 valence electrons. The zero-order chi connectivity index (χ0) is 42.9. The molecule has 2 aromatic heterocycles. The van der Waals surface area contributed by atoms with E-state index < -0.39 is 41.5 Å². The molecule has 4 atom stereocenters. The molecular weight excluding hydrogens is 797 g/mol. The van der Waals surface area contributed by atoms with Gasteiger partial charge in [-0.05, 0) is 74.4 Å². The third kappa shape index (κ3) is 10.3. The molecule has 3 aromatic carbocycles. The Labute approximate surface area is 350 Å². The molecule has 0 amide bonds. The van der Waals surface area contributed by atoms with E-state index in [0.717, 1.165) is 43.6 Å². The highest BCUT2D eigenvalue weighted by Gasteiger charge is 2.44. The van der Waals surface area contributed by atoms with E-state index in [2.05, 4.69) is 30.3 Å². The summed E-state index contributed by atoms with van der Waals surface area (Å²) in [7, 11) is 0. The second-order valence-corrected chi connectivity index (χ2v) is 15.1. The molecule has 0 bridgehead atoms. The average molecular weight is 846 g/mol. The summed E-state index contributed by atoms with van der Waals surface area (Å²) in [5.74, 6) is -1.66. The molecule has 17 nitrogen and oxygen atoms in total. The van der Waals surface area contributed by atoms with Crippen molar-refractivity contribution in [2.45, 2.75) is 51.0 Å². The third-order valence-corrected chi connectivity index (χ3v) is 11.0. The Morgan fingerprint density at radius 3 is 2.30 bits per heavy atom. The number of piperazine rings is 1. The molecule has 2 N–H and O–H groups in total. The first-order valence-corrected chi connectivity index (χ1v) is 20.2. The summed E-state index contributed by atoms with van der Waals surface area (Å²) in [5.41, 5.74) is 1.61. The van der Waals surface area contributed by atoms with Gasteiger partial charge >= 0.3 is 17.8 Å². The largest absolute Gasteiger partial charge is 0.508 e. The lowest BCUT2D eigenvalue weighted by molar-refractivity contribution is -0.135. The van der Waals surface area contributed by atoms with Crippen LogP contribution in [0.25, 0.3) is 5.69 Å². The Morgan fingerprint density at radius 2 is 1.66 bits per heavy atom. The number of carbonyl (C=O) groups excluding carboxylic acids is 1. The second-order valence-electron chi connectivity index (χ2n) is 15.1. The van der Waals surface area contributed by atoms with Gasteiger partial charge in [0.15, 0.2) is 0 Å². The SMILES string of the molecule is CC[C@@H]([C@H](C)OC(=O)OCCNCC(=O)O)n1ncn(-c2ccc(N3CCN(c4ccc(OC[C@@H]5CO[C@@](Cn6cncn6)(c6ccc(F)cc6F)C5)cc4)CC3)cc2)c1=O. The standard InChI is InChI=1S/C42H49F2N9O8/c1-3-38(29(2)61-41(57)58-19-14-45-22-39(54)55)53-40(56)52(28-48-53)34-7-5-32(6-8-34)49-15-17-50(18-16-49)33-9-11-35(12-10-33)59-23-30-21-42(60-24-30,25-51-27-46-26-47-51)36-13-4-31(43)20-37(36)44/h4-13,20,26-30,38,45H,3,14-19,21-25H2,1-2H3,(H,54,55)/t29-,30+,38-,42-/m0/s1. The van der Waals surface area contributed by atoms with Gasteiger partial charge in [0, 0.05) is 61.6 Å². The number of carbonyl (C=O) groups is 2. The predicted molar refractivity (Wildman–Crippen MR) is 218 cm³/mol. The number of carboxylic acid groups (broad SMARTS) is 1. The van der Waals surface area contributed by atoms with Crippen molar-refractivity contribution in [2.24, 2.45) is 5.92 Å². The summed E-state index contributed by atoms with van der Waals surface area (Å²) in [6.45, 7) is 7.48. The molecule has 2 fully saturated rings. The van der Waals surface area contributed by atoms with Crippen molar-refractivity contribution < 1.29 is 42.4 Å². The first kappa shape index (κ1) is 42.8. The van der Waals surface area contributed by atoms with Gasteiger partial charge in [0.25, 0.3) is 0 Å². The molecule has 2 saturated heterocycles. The predicted octanol–water partition coefficient (Wildman–Crippen LogP) is 4.41. The lowest BCUT2D eigenvalue weighted by Gasteiger charge is -2.37. The number of aromatic nitrogens is 6. The minimum Gasteiger partial charge on any atom is -0.493 e. The summed E-state index contributed by atoms with van der Waals surface area (Å²) < 4.78 is 56.0. The number of nitrogens with one attached hydrogen (secondary N) is 1. The monoisotopic (exact) mass is 845 g/mol. The van der Waals surface area contributed by atoms with Crippen LogP contribution in [0.5, 0.6) is 5.75 Å². The van der Waals surface area contributed by atoms with E-state index >= 15 is 4.39 Å². The molecule has 61 heavy (non-hydrogen) atoms. The maximum atomic E-state index is 15.0. The molecule has 0 radical (unpaired) electrons. The van der Waals surface area contributed by atoms with Crippen molar-refractivity contribution in [3.8, 4) is 11.4 Å². The smallest absolute Gasteiger partial charge is 0.493 e. The van der Waals surface area contributed by atoms with Gasteiger partial charge in [-0.1, -0.05) is 13.0 Å². The summed E-state index contributed by atoms with van der Waals surface area (Å²) in [4.78, 5) is 44.9. The highest BCUT2D eigenvalue weighted by molar-refractivity contribution is 5.69. The number of aliphatic carboxylic acids is 1. The maximum Gasteiger partial charge on any atom is 0.508 e. The fourth-order valence-corrected chi connectivity index (χ4v) is 7.89. The zero-order valence-corrected chi connectivity index (χ0v) is 33.9. The summed E-state index contributed by atoms with van der Waals surface area (Å²) in [5, 5.41) is 19.8. The van der Waals surface area contributed by atoms with Gasteiger partial charge in [-0.15, -0.1) is 0 Å². The van der Waals surface area contributed by atoms with E-state index in [9.17, 15) is 18.8 Å². The van der Waals surface area contributed by atoms with Crippen LogP contribution in [0.3, 0.4) is 0 Å². The molecule has 0 aliphatic carbocycles. The van der Waals surface area contributed by atoms with E-state index in [-0.39, 0.29) is 43.4 Å². The number of benzene rings is 3. The lowest BCUT2D eigenvalue weighted by Crippen LogP contribution is -2.46. The number of hydrogen-bond donors (Lipinski definition) is 2. The number of ether oxygens (including phenoxy) is 4. The molecule has 4 heterocycles. The zero-order valence-electron chi connectivity index (χ0n) is 33.9. The van der Waals surface area contributed by atoms with E-state index in [0.29, 0.717) is 37.5 Å². The van der Waals surface area contributed by atoms with Crippen molar-refractivity contribution in [3.05, 3.63) is 113 Å². The van der Waals surface area contributed by atoms with E-state index in [1.807, 2.05) is 55.5 Å². The Hall–Kier alpha value is -6.34. The van der Waals surface area contributed by atoms with Gasteiger partial charge in [-0.3, -0.25) is 4.79 Å². The minimum atomic E-state index is -1.04. The summed E-state index contributed by atoms with van der Waals surface area (Å²) >= 11 is 0. The molecule has 5 aromatic rings. The van der Waals surface area contributed by atoms with Crippen LogP contribution in [0.2, 0.25) is 0 Å². The van der Waals surface area contributed by atoms with Crippen LogP contribution in [0.1, 0.15) is 38.3 Å². The van der Waals surface area contributed by atoms with Crippen molar-refractivity contribution >= 4 is 23.5 Å². The van der Waals surface area contributed by atoms with Crippen LogP contribution < -0.4 is 25.5 Å². The first-order valence-electron chi connectivity index (χ1n) is 20.2. The normalized spacial score (nSPS) is 18.8. The van der Waals surface area contributed by atoms with Gasteiger partial charge in [0.1, 0.15) is 54.7 Å². The van der Waals surface area contributed by atoms with Crippen molar-refractivity contribution in [3.63, 3.8) is 0 Å². The van der Waals surface area contributed by atoms with E-state index in [1.54, 1.807) is 17.9 Å². The van der Waals surface area contributed by atoms with Gasteiger partial charge in [-0.2, -0.15) is 10.2 Å². The molecule has 0 unspecified atom stereocenters. The summed E-state index contributed by atoms with van der Waals surface area (Å²) in [6.07, 6.45) is 3.68. The maximum absolute atomic E-state index is 15.0. The lowest BCUT2D eigenvalue weighted by atomic mass is 9.87. The third-order valence-electron chi connectivity index (χ3n) is 11.0. The number of carboxylic acids is 1. The van der Waals surface area contributed by atoms with Crippen LogP contribution in [0.15, 0.2) is 90.5 Å². The van der Waals surface area contributed by atoms with E-state index in [4.69, 9.17) is 24.1 Å². The quantitative estimate of drug-likeness (QED) is 0.0936. The minimum absolute atomic E-state index is 0.0371. The Kier molecular flexibility index (Phi) is 13.6. The van der Waals surface area contributed by atoms with Gasteiger partial charge in [0.05, 0.1) is 38.0 Å². The van der Waals surface area contributed by atoms with Crippen LogP contribution in [-0.4, -0.2) is 112 Å². The van der Waals surface area contributed by atoms with Crippen LogP contribution in [-0.2, 0) is 31.2 Å². The Morgan fingerprint density at radius 1 is 0.967 bits per heavy atom. The van der Waals surface area contributed by atoms with Gasteiger partial charge in [-0.25, -0.2) is 37.3 Å². The van der Waals surface area contributed by atoms with E-state index in [1.165, 1.54) is 34.0 Å². The van der Waals surface area contributed by atoms with Crippen molar-refractivity contribution in [2.75, 3.05) is 68.9 Å². The molecular formula is C42H49F2N9O8. The summed E-state index contributed by atoms with van der Waals surface area (Å²) in [6, 6.07) is 18.7. The average Bonchev–Trinajstić information content (AvgIpc) is 4.02. The number of anilines is 2. The van der Waals surface area contributed by atoms with Crippen LogP contribution >= 0.6 is 0 Å². The van der Waals surface area contributed by atoms with Gasteiger partial charge < -0.3 is 39.2 Å².